The third-order valence-electron chi connectivity index (χ3n) is 5.15. The molecule has 156 valence electrons. The Morgan fingerprint density at radius 2 is 2.10 bits per heavy atom. The van der Waals surface area contributed by atoms with Crippen LogP contribution in [0.1, 0.15) is 36.8 Å². The van der Waals surface area contributed by atoms with Crippen LogP contribution in [-0.4, -0.2) is 49.4 Å². The van der Waals surface area contributed by atoms with Crippen LogP contribution in [0.2, 0.25) is 5.02 Å². The van der Waals surface area contributed by atoms with Crippen LogP contribution < -0.4 is 5.69 Å². The molecule has 2 aromatic heterocycles. The standard InChI is InChI=1S/C17H16ClF4N5O2/c18-9-5-11(20)12(23-6-9)8-26-16(29)27-13(1-3-17(21,22)15(27)24-26)14(28)25-4-2-10(19)7-25/h5-6,10,13H,1-4,7-8H2/t10-,13-/m0/s1. The molecule has 0 aromatic carbocycles. The first-order chi connectivity index (χ1) is 13.7. The average molecular weight is 434 g/mol. The largest absolute Gasteiger partial charge is 0.347 e. The number of amides is 1. The Balaban J connectivity index is 1.72. The summed E-state index contributed by atoms with van der Waals surface area (Å²) in [6.07, 6.45) is -0.826. The summed E-state index contributed by atoms with van der Waals surface area (Å²) < 4.78 is 57.6. The fraction of sp³-hybridized carbons (Fsp3) is 0.529. The van der Waals surface area contributed by atoms with E-state index in [-0.39, 0.29) is 36.6 Å². The summed E-state index contributed by atoms with van der Waals surface area (Å²) in [7, 11) is 0. The van der Waals surface area contributed by atoms with Crippen LogP contribution in [0.5, 0.6) is 0 Å². The van der Waals surface area contributed by atoms with Gasteiger partial charge < -0.3 is 4.90 Å². The third-order valence-corrected chi connectivity index (χ3v) is 5.36. The second-order valence-corrected chi connectivity index (χ2v) is 7.58. The first-order valence-corrected chi connectivity index (χ1v) is 9.35. The molecule has 1 fully saturated rings. The van der Waals surface area contributed by atoms with Crippen molar-refractivity contribution in [3.63, 3.8) is 0 Å². The van der Waals surface area contributed by atoms with Crippen molar-refractivity contribution in [1.82, 2.24) is 24.2 Å². The number of likely N-dealkylation sites (tertiary alicyclic amines) is 1. The molecule has 0 N–H and O–H groups in total. The molecule has 4 heterocycles. The highest BCUT2D eigenvalue weighted by Crippen LogP contribution is 2.40. The molecule has 0 radical (unpaired) electrons. The van der Waals surface area contributed by atoms with Gasteiger partial charge in [-0.2, -0.15) is 8.78 Å². The molecule has 29 heavy (non-hydrogen) atoms. The van der Waals surface area contributed by atoms with E-state index in [4.69, 9.17) is 11.6 Å². The van der Waals surface area contributed by atoms with E-state index in [1.54, 1.807) is 0 Å². The van der Waals surface area contributed by atoms with Gasteiger partial charge in [0.2, 0.25) is 11.7 Å². The second-order valence-electron chi connectivity index (χ2n) is 7.15. The first-order valence-electron chi connectivity index (χ1n) is 8.98. The van der Waals surface area contributed by atoms with Crippen molar-refractivity contribution in [3.8, 4) is 0 Å². The van der Waals surface area contributed by atoms with Gasteiger partial charge in [0, 0.05) is 19.2 Å². The number of aromatic nitrogens is 4. The predicted octanol–water partition coefficient (Wildman–Crippen LogP) is 2.28. The maximum Gasteiger partial charge on any atom is 0.347 e. The molecule has 1 amide bonds. The summed E-state index contributed by atoms with van der Waals surface area (Å²) in [6.45, 7) is -0.482. The van der Waals surface area contributed by atoms with Gasteiger partial charge in [0.05, 0.1) is 23.8 Å². The molecule has 2 aliphatic heterocycles. The smallest absolute Gasteiger partial charge is 0.338 e. The highest BCUT2D eigenvalue weighted by Gasteiger charge is 2.48. The third kappa shape index (κ3) is 3.52. The van der Waals surface area contributed by atoms with Crippen molar-refractivity contribution in [2.24, 2.45) is 0 Å². The molecule has 0 bridgehead atoms. The van der Waals surface area contributed by atoms with E-state index in [1.807, 2.05) is 0 Å². The summed E-state index contributed by atoms with van der Waals surface area (Å²) in [6, 6.07) is -0.230. The molecule has 0 aliphatic carbocycles. The van der Waals surface area contributed by atoms with Gasteiger partial charge in [0.25, 0.3) is 0 Å². The molecule has 2 aliphatic rings. The number of rotatable bonds is 3. The van der Waals surface area contributed by atoms with Gasteiger partial charge in [-0.15, -0.1) is 5.10 Å². The molecule has 12 heteroatoms. The molecule has 4 rings (SSSR count). The Kier molecular flexibility index (Phi) is 4.88. The van der Waals surface area contributed by atoms with Crippen LogP contribution in [0.3, 0.4) is 0 Å². The van der Waals surface area contributed by atoms with Crippen molar-refractivity contribution < 1.29 is 22.4 Å². The summed E-state index contributed by atoms with van der Waals surface area (Å²) in [5.74, 6) is -5.71. The van der Waals surface area contributed by atoms with Crippen molar-refractivity contribution in [1.29, 1.82) is 0 Å². The maximum absolute atomic E-state index is 14.4. The van der Waals surface area contributed by atoms with Gasteiger partial charge in [-0.05, 0) is 18.9 Å². The lowest BCUT2D eigenvalue weighted by atomic mass is 10.0. The monoisotopic (exact) mass is 433 g/mol. The van der Waals surface area contributed by atoms with E-state index in [1.165, 1.54) is 4.90 Å². The van der Waals surface area contributed by atoms with Crippen molar-refractivity contribution in [2.75, 3.05) is 13.1 Å². The normalized spacial score (nSPS) is 23.3. The zero-order chi connectivity index (χ0) is 20.9. The number of hydrogen-bond donors (Lipinski definition) is 0. The topological polar surface area (TPSA) is 73.0 Å². The number of fused-ring (bicyclic) bond motifs is 1. The van der Waals surface area contributed by atoms with E-state index in [0.29, 0.717) is 9.25 Å². The maximum atomic E-state index is 14.4. The van der Waals surface area contributed by atoms with Crippen LogP contribution in [0.15, 0.2) is 17.1 Å². The van der Waals surface area contributed by atoms with Crippen LogP contribution >= 0.6 is 11.6 Å². The van der Waals surface area contributed by atoms with Crippen LogP contribution in [-0.2, 0) is 17.3 Å². The van der Waals surface area contributed by atoms with Gasteiger partial charge in [-0.25, -0.2) is 18.3 Å². The quantitative estimate of drug-likeness (QED) is 0.696. The van der Waals surface area contributed by atoms with E-state index in [0.717, 1.165) is 12.3 Å². The summed E-state index contributed by atoms with van der Waals surface area (Å²) >= 11 is 5.64. The number of carbonyl (C=O) groups is 1. The SMILES string of the molecule is O=C([C@@H]1CCC(F)(F)c2nn(Cc3ncc(Cl)cc3F)c(=O)n21)N1CC[C@H](F)C1. The number of hydrogen-bond acceptors (Lipinski definition) is 4. The van der Waals surface area contributed by atoms with Gasteiger partial charge in [-0.1, -0.05) is 11.6 Å². The molecule has 0 spiro atoms. The Hall–Kier alpha value is -2.43. The van der Waals surface area contributed by atoms with Crippen LogP contribution in [0.25, 0.3) is 0 Å². The number of nitrogens with zero attached hydrogens (tertiary/aromatic N) is 5. The van der Waals surface area contributed by atoms with Crippen molar-refractivity contribution in [2.45, 2.75) is 43.9 Å². The Bertz CT molecular complexity index is 1020. The number of pyridine rings is 1. The molecule has 0 unspecified atom stereocenters. The van der Waals surface area contributed by atoms with E-state index in [9.17, 15) is 27.2 Å². The predicted molar refractivity (Wildman–Crippen MR) is 93.1 cm³/mol. The minimum Gasteiger partial charge on any atom is -0.338 e. The van der Waals surface area contributed by atoms with E-state index < -0.39 is 54.3 Å². The minimum atomic E-state index is -3.43. The average Bonchev–Trinajstić information content (AvgIpc) is 3.22. The summed E-state index contributed by atoms with van der Waals surface area (Å²) in [4.78, 5) is 30.5. The molecular weight excluding hydrogens is 418 g/mol. The van der Waals surface area contributed by atoms with Gasteiger partial charge in [0.1, 0.15) is 18.0 Å². The fourth-order valence-electron chi connectivity index (χ4n) is 3.68. The summed E-state index contributed by atoms with van der Waals surface area (Å²) in [5, 5.41) is 3.71. The number of carbonyl (C=O) groups excluding carboxylic acids is 1. The van der Waals surface area contributed by atoms with Crippen LogP contribution in [0.4, 0.5) is 17.6 Å². The Morgan fingerprint density at radius 3 is 2.76 bits per heavy atom. The molecule has 2 atom stereocenters. The highest BCUT2D eigenvalue weighted by atomic mass is 35.5. The zero-order valence-electron chi connectivity index (χ0n) is 15.0. The number of alkyl halides is 3. The molecule has 1 saturated heterocycles. The lowest BCUT2D eigenvalue weighted by Crippen LogP contribution is -2.44. The van der Waals surface area contributed by atoms with Crippen LogP contribution in [0, 0.1) is 5.82 Å². The number of halogens is 5. The molecule has 7 nitrogen and oxygen atoms in total. The van der Waals surface area contributed by atoms with Crippen molar-refractivity contribution in [3.05, 3.63) is 45.1 Å². The Morgan fingerprint density at radius 1 is 1.34 bits per heavy atom. The lowest BCUT2D eigenvalue weighted by molar-refractivity contribution is -0.137. The Labute approximate surface area is 166 Å². The second kappa shape index (κ2) is 7.12. The molecular formula is C17H16ClF4N5O2. The zero-order valence-corrected chi connectivity index (χ0v) is 15.8. The van der Waals surface area contributed by atoms with Gasteiger partial charge >= 0.3 is 11.6 Å². The van der Waals surface area contributed by atoms with E-state index >= 15 is 0 Å². The minimum absolute atomic E-state index is 0.0386. The van der Waals surface area contributed by atoms with Crippen molar-refractivity contribution >= 4 is 17.5 Å². The fourth-order valence-corrected chi connectivity index (χ4v) is 3.82. The molecule has 0 saturated carbocycles. The summed E-state index contributed by atoms with van der Waals surface area (Å²) in [5.41, 5.74) is -1.19. The molecule has 2 aromatic rings. The van der Waals surface area contributed by atoms with E-state index in [2.05, 4.69) is 10.1 Å². The lowest BCUT2D eigenvalue weighted by Gasteiger charge is -2.30. The highest BCUT2D eigenvalue weighted by molar-refractivity contribution is 6.30. The first kappa shape index (κ1) is 19.9. The van der Waals surface area contributed by atoms with Gasteiger partial charge in [-0.3, -0.25) is 14.3 Å². The van der Waals surface area contributed by atoms with Gasteiger partial charge in [0.15, 0.2) is 0 Å².